The van der Waals surface area contributed by atoms with E-state index in [4.69, 9.17) is 4.74 Å². The molecule has 0 aliphatic heterocycles. The van der Waals surface area contributed by atoms with Crippen LogP contribution in [0.3, 0.4) is 0 Å². The van der Waals surface area contributed by atoms with Crippen molar-refractivity contribution in [2.24, 2.45) is 0 Å². The predicted octanol–water partition coefficient (Wildman–Crippen LogP) is 1.91. The van der Waals surface area contributed by atoms with Gasteiger partial charge >= 0.3 is 0 Å². The third kappa shape index (κ3) is 3.73. The molecular weight excluding hydrogens is 314 g/mol. The molecule has 22 heavy (non-hydrogen) atoms. The molecule has 0 spiro atoms. The van der Waals surface area contributed by atoms with Gasteiger partial charge in [-0.15, -0.1) is 5.10 Å². The lowest BCUT2D eigenvalue weighted by atomic mass is 10.1. The number of benzene rings is 1. The van der Waals surface area contributed by atoms with Crippen molar-refractivity contribution in [2.75, 3.05) is 6.61 Å². The Bertz CT molecular complexity index is 717. The molecule has 1 aromatic carbocycles. The molecule has 0 aliphatic rings. The van der Waals surface area contributed by atoms with Crippen molar-refractivity contribution in [3.63, 3.8) is 0 Å². The van der Waals surface area contributed by atoms with Gasteiger partial charge in [-0.3, -0.25) is 4.79 Å². The topological polar surface area (TPSA) is 87.9 Å². The van der Waals surface area contributed by atoms with Crippen molar-refractivity contribution in [1.29, 1.82) is 5.26 Å². The Morgan fingerprint density at radius 1 is 1.50 bits per heavy atom. The molecule has 0 bridgehead atoms. The SMILES string of the molecule is CC(C#N)(COc1ccc(F)c(F)c1)NC(=O)c1csnn1. The van der Waals surface area contributed by atoms with E-state index in [1.807, 2.05) is 6.07 Å². The minimum Gasteiger partial charge on any atom is -0.490 e. The monoisotopic (exact) mass is 324 g/mol. The van der Waals surface area contributed by atoms with Gasteiger partial charge in [0.2, 0.25) is 0 Å². The minimum absolute atomic E-state index is 0.0462. The van der Waals surface area contributed by atoms with Gasteiger partial charge in [0.1, 0.15) is 12.4 Å². The van der Waals surface area contributed by atoms with E-state index in [9.17, 15) is 18.8 Å². The normalized spacial score (nSPS) is 13.0. The Hall–Kier alpha value is -2.60. The summed E-state index contributed by atoms with van der Waals surface area (Å²) in [6.07, 6.45) is 0. The maximum Gasteiger partial charge on any atom is 0.274 e. The van der Waals surface area contributed by atoms with E-state index >= 15 is 0 Å². The van der Waals surface area contributed by atoms with Crippen LogP contribution >= 0.6 is 11.5 Å². The zero-order chi connectivity index (χ0) is 16.2. The lowest BCUT2D eigenvalue weighted by Gasteiger charge is -2.22. The molecule has 114 valence electrons. The first-order valence-electron chi connectivity index (χ1n) is 6.02. The molecule has 1 unspecified atom stereocenters. The lowest BCUT2D eigenvalue weighted by molar-refractivity contribution is 0.0896. The van der Waals surface area contributed by atoms with Crippen LogP contribution in [0.5, 0.6) is 5.75 Å². The van der Waals surface area contributed by atoms with Crippen LogP contribution in [-0.2, 0) is 0 Å². The van der Waals surface area contributed by atoms with Crippen molar-refractivity contribution in [3.8, 4) is 11.8 Å². The number of nitrogens with zero attached hydrogens (tertiary/aromatic N) is 3. The summed E-state index contributed by atoms with van der Waals surface area (Å²) < 4.78 is 34.7. The Morgan fingerprint density at radius 2 is 2.27 bits per heavy atom. The van der Waals surface area contributed by atoms with Crippen molar-refractivity contribution in [2.45, 2.75) is 12.5 Å². The molecule has 0 saturated heterocycles. The van der Waals surface area contributed by atoms with Crippen LogP contribution in [0.15, 0.2) is 23.6 Å². The molecule has 0 radical (unpaired) electrons. The first kappa shape index (κ1) is 15.8. The Morgan fingerprint density at radius 3 is 2.86 bits per heavy atom. The molecule has 0 saturated carbocycles. The maximum atomic E-state index is 13.1. The molecule has 0 fully saturated rings. The van der Waals surface area contributed by atoms with Gasteiger partial charge in [0.25, 0.3) is 5.91 Å². The van der Waals surface area contributed by atoms with Crippen LogP contribution in [-0.4, -0.2) is 27.6 Å². The van der Waals surface area contributed by atoms with Gasteiger partial charge in [0, 0.05) is 11.4 Å². The van der Waals surface area contributed by atoms with Gasteiger partial charge in [-0.05, 0) is 30.6 Å². The number of rotatable bonds is 5. The number of aromatic nitrogens is 2. The fourth-order valence-corrected chi connectivity index (χ4v) is 1.91. The van der Waals surface area contributed by atoms with Gasteiger partial charge in [-0.25, -0.2) is 8.78 Å². The number of ether oxygens (including phenoxy) is 1. The highest BCUT2D eigenvalue weighted by Crippen LogP contribution is 2.17. The summed E-state index contributed by atoms with van der Waals surface area (Å²) in [5, 5.41) is 16.7. The number of hydrogen-bond donors (Lipinski definition) is 1. The number of carbonyl (C=O) groups is 1. The number of halogens is 2. The van der Waals surface area contributed by atoms with Crippen LogP contribution in [0.2, 0.25) is 0 Å². The van der Waals surface area contributed by atoms with Gasteiger partial charge in [-0.1, -0.05) is 4.49 Å². The summed E-state index contributed by atoms with van der Waals surface area (Å²) >= 11 is 1.00. The molecule has 1 atom stereocenters. The zero-order valence-corrected chi connectivity index (χ0v) is 12.2. The largest absolute Gasteiger partial charge is 0.490 e. The van der Waals surface area contributed by atoms with Gasteiger partial charge < -0.3 is 10.1 Å². The van der Waals surface area contributed by atoms with E-state index < -0.39 is 23.1 Å². The second-order valence-electron chi connectivity index (χ2n) is 4.55. The molecule has 2 rings (SSSR count). The number of amides is 1. The summed E-state index contributed by atoms with van der Waals surface area (Å²) in [6, 6.07) is 4.89. The molecule has 6 nitrogen and oxygen atoms in total. The van der Waals surface area contributed by atoms with E-state index in [0.717, 1.165) is 23.7 Å². The molecule has 1 aromatic heterocycles. The van der Waals surface area contributed by atoms with E-state index in [1.54, 1.807) is 0 Å². The molecule has 9 heteroatoms. The third-order valence-corrected chi connectivity index (χ3v) is 3.15. The van der Waals surface area contributed by atoms with E-state index in [1.165, 1.54) is 18.4 Å². The first-order chi connectivity index (χ1) is 10.4. The molecule has 0 aliphatic carbocycles. The van der Waals surface area contributed by atoms with Gasteiger partial charge in [0.05, 0.1) is 6.07 Å². The minimum atomic E-state index is -1.37. The lowest BCUT2D eigenvalue weighted by Crippen LogP contribution is -2.49. The summed E-state index contributed by atoms with van der Waals surface area (Å²) in [4.78, 5) is 11.9. The summed E-state index contributed by atoms with van der Waals surface area (Å²) in [5.74, 6) is -2.59. The highest BCUT2D eigenvalue weighted by molar-refractivity contribution is 7.03. The Kier molecular flexibility index (Phi) is 4.62. The number of carbonyl (C=O) groups excluding carboxylic acids is 1. The van der Waals surface area contributed by atoms with Crippen molar-refractivity contribution >= 4 is 17.4 Å². The van der Waals surface area contributed by atoms with Crippen molar-refractivity contribution in [1.82, 2.24) is 14.9 Å². The predicted molar refractivity (Wildman–Crippen MR) is 73.2 cm³/mol. The maximum absolute atomic E-state index is 13.1. The second-order valence-corrected chi connectivity index (χ2v) is 5.16. The highest BCUT2D eigenvalue weighted by Gasteiger charge is 2.28. The van der Waals surface area contributed by atoms with Gasteiger partial charge in [-0.2, -0.15) is 5.26 Å². The quantitative estimate of drug-likeness (QED) is 0.907. The number of nitrogens with one attached hydrogen (secondary N) is 1. The summed E-state index contributed by atoms with van der Waals surface area (Å²) in [5.41, 5.74) is -1.29. The fraction of sp³-hybridized carbons (Fsp3) is 0.231. The standard InChI is InChI=1S/C13H10F2N4O2S/c1-13(6-16,17-12(20)11-5-22-19-18-11)7-21-8-2-3-9(14)10(15)4-8/h2-5H,7H2,1H3,(H,17,20). The molecule has 2 aromatic rings. The van der Waals surface area contributed by atoms with Crippen LogP contribution < -0.4 is 10.1 Å². The molecule has 1 N–H and O–H groups in total. The Balaban J connectivity index is 2.02. The van der Waals surface area contributed by atoms with E-state index in [2.05, 4.69) is 14.9 Å². The van der Waals surface area contributed by atoms with Crippen LogP contribution in [0.4, 0.5) is 8.78 Å². The Labute approximate surface area is 128 Å². The first-order valence-corrected chi connectivity index (χ1v) is 6.86. The number of hydrogen-bond acceptors (Lipinski definition) is 6. The smallest absolute Gasteiger partial charge is 0.274 e. The van der Waals surface area contributed by atoms with Crippen LogP contribution in [0, 0.1) is 23.0 Å². The second kappa shape index (κ2) is 6.44. The molecular formula is C13H10F2N4O2S. The summed E-state index contributed by atoms with van der Waals surface area (Å²) in [7, 11) is 0. The third-order valence-electron chi connectivity index (χ3n) is 2.65. The van der Waals surface area contributed by atoms with Gasteiger partial charge in [0.15, 0.2) is 22.9 Å². The zero-order valence-electron chi connectivity index (χ0n) is 11.3. The van der Waals surface area contributed by atoms with E-state index in [-0.39, 0.29) is 18.1 Å². The molecule has 1 heterocycles. The van der Waals surface area contributed by atoms with Crippen LogP contribution in [0.25, 0.3) is 0 Å². The van der Waals surface area contributed by atoms with Crippen LogP contribution in [0.1, 0.15) is 17.4 Å². The summed E-state index contributed by atoms with van der Waals surface area (Å²) in [6.45, 7) is 1.18. The average Bonchev–Trinajstić information content (AvgIpc) is 3.03. The highest BCUT2D eigenvalue weighted by atomic mass is 32.1. The van der Waals surface area contributed by atoms with Crippen molar-refractivity contribution in [3.05, 3.63) is 40.9 Å². The van der Waals surface area contributed by atoms with Crippen molar-refractivity contribution < 1.29 is 18.3 Å². The fourth-order valence-electron chi connectivity index (χ4n) is 1.47. The molecule has 1 amide bonds. The van der Waals surface area contributed by atoms with E-state index in [0.29, 0.717) is 0 Å². The average molecular weight is 324 g/mol. The number of nitriles is 1.